The second kappa shape index (κ2) is 6.44. The Morgan fingerprint density at radius 2 is 1.94 bits per heavy atom. The summed E-state index contributed by atoms with van der Waals surface area (Å²) in [5.74, 6) is 0.513. The number of hydrogen-bond donors (Lipinski definition) is 0. The van der Waals surface area contributed by atoms with Gasteiger partial charge >= 0.3 is 0 Å². The number of rotatable bonds is 5. The Bertz CT molecular complexity index is 386. The molecule has 0 aromatic heterocycles. The lowest BCUT2D eigenvalue weighted by Gasteiger charge is -2.12. The first kappa shape index (κ1) is 13.8. The van der Waals surface area contributed by atoms with Gasteiger partial charge in [0.1, 0.15) is 0 Å². The standard InChI is InChI=1S/C17H24/c1-13(2)16(5)9-6-15(4)12-17-10-7-14(3)8-11-17/h6-7,9-10,13H,4-5,8,11-12H2,1-3H3/b9-6-. The van der Waals surface area contributed by atoms with Crippen molar-refractivity contribution in [1.82, 2.24) is 0 Å². The van der Waals surface area contributed by atoms with Crippen molar-refractivity contribution in [3.05, 3.63) is 59.8 Å². The van der Waals surface area contributed by atoms with Gasteiger partial charge in [-0.2, -0.15) is 0 Å². The molecule has 0 aliphatic heterocycles. The predicted octanol–water partition coefficient (Wildman–Crippen LogP) is 5.37. The van der Waals surface area contributed by atoms with Crippen molar-refractivity contribution in [3.63, 3.8) is 0 Å². The monoisotopic (exact) mass is 228 g/mol. The molecule has 0 aromatic carbocycles. The van der Waals surface area contributed by atoms with Crippen LogP contribution in [0.4, 0.5) is 0 Å². The first-order valence-electron chi connectivity index (χ1n) is 6.39. The van der Waals surface area contributed by atoms with Gasteiger partial charge in [0.05, 0.1) is 0 Å². The van der Waals surface area contributed by atoms with Crippen LogP contribution >= 0.6 is 0 Å². The minimum atomic E-state index is 0.513. The molecule has 0 heteroatoms. The number of allylic oxidation sites excluding steroid dienone is 8. The van der Waals surface area contributed by atoms with Gasteiger partial charge in [0.15, 0.2) is 0 Å². The predicted molar refractivity (Wildman–Crippen MR) is 77.9 cm³/mol. The summed E-state index contributed by atoms with van der Waals surface area (Å²) < 4.78 is 0. The van der Waals surface area contributed by atoms with E-state index in [1.165, 1.54) is 35.1 Å². The number of hydrogen-bond acceptors (Lipinski definition) is 0. The summed E-state index contributed by atoms with van der Waals surface area (Å²) in [6.07, 6.45) is 12.0. The Morgan fingerprint density at radius 1 is 1.24 bits per heavy atom. The van der Waals surface area contributed by atoms with Crippen LogP contribution in [0.1, 0.15) is 40.0 Å². The van der Waals surface area contributed by atoms with E-state index in [4.69, 9.17) is 0 Å². The van der Waals surface area contributed by atoms with Crippen molar-refractivity contribution < 1.29 is 0 Å². The van der Waals surface area contributed by atoms with Crippen molar-refractivity contribution in [2.24, 2.45) is 5.92 Å². The largest absolute Gasteiger partial charge is 0.0956 e. The molecule has 0 saturated heterocycles. The van der Waals surface area contributed by atoms with E-state index in [1.807, 2.05) is 0 Å². The molecule has 0 saturated carbocycles. The van der Waals surface area contributed by atoms with E-state index in [0.29, 0.717) is 5.92 Å². The molecule has 0 amide bonds. The average molecular weight is 228 g/mol. The van der Waals surface area contributed by atoms with Crippen molar-refractivity contribution in [2.45, 2.75) is 40.0 Å². The zero-order valence-electron chi connectivity index (χ0n) is 11.4. The smallest absolute Gasteiger partial charge is 0.00697 e. The lowest BCUT2D eigenvalue weighted by molar-refractivity contribution is 0.795. The second-order valence-corrected chi connectivity index (χ2v) is 5.24. The van der Waals surface area contributed by atoms with Gasteiger partial charge in [-0.1, -0.05) is 73.6 Å². The Morgan fingerprint density at radius 3 is 2.47 bits per heavy atom. The van der Waals surface area contributed by atoms with Gasteiger partial charge in [-0.25, -0.2) is 0 Å². The lowest BCUT2D eigenvalue weighted by atomic mass is 9.94. The molecule has 17 heavy (non-hydrogen) atoms. The topological polar surface area (TPSA) is 0 Å². The van der Waals surface area contributed by atoms with E-state index < -0.39 is 0 Å². The van der Waals surface area contributed by atoms with Gasteiger partial charge in [0.25, 0.3) is 0 Å². The average Bonchev–Trinajstić information content (AvgIpc) is 2.29. The first-order chi connectivity index (χ1) is 7.99. The molecule has 92 valence electrons. The molecule has 0 heterocycles. The summed E-state index contributed by atoms with van der Waals surface area (Å²) >= 11 is 0. The Kier molecular flexibility index (Phi) is 5.21. The molecule has 0 atom stereocenters. The van der Waals surface area contributed by atoms with Gasteiger partial charge in [-0.05, 0) is 32.1 Å². The Balaban J connectivity index is 2.48. The highest BCUT2D eigenvalue weighted by atomic mass is 14.1. The van der Waals surface area contributed by atoms with Gasteiger partial charge in [-0.3, -0.25) is 0 Å². The van der Waals surface area contributed by atoms with E-state index in [0.717, 1.165) is 6.42 Å². The van der Waals surface area contributed by atoms with Crippen LogP contribution in [0.25, 0.3) is 0 Å². The Labute approximate surface area is 106 Å². The molecule has 0 fully saturated rings. The highest BCUT2D eigenvalue weighted by molar-refractivity contribution is 5.32. The molecular formula is C17H24. The molecule has 0 N–H and O–H groups in total. The van der Waals surface area contributed by atoms with Crippen LogP contribution < -0.4 is 0 Å². The van der Waals surface area contributed by atoms with E-state index in [9.17, 15) is 0 Å². The normalized spacial score (nSPS) is 16.0. The van der Waals surface area contributed by atoms with Gasteiger partial charge in [0, 0.05) is 0 Å². The van der Waals surface area contributed by atoms with E-state index >= 15 is 0 Å². The fraction of sp³-hybridized carbons (Fsp3) is 0.412. The molecular weight excluding hydrogens is 204 g/mol. The summed E-state index contributed by atoms with van der Waals surface area (Å²) in [6, 6.07) is 0. The van der Waals surface area contributed by atoms with Crippen molar-refractivity contribution in [1.29, 1.82) is 0 Å². The minimum absolute atomic E-state index is 0.513. The summed E-state index contributed by atoms with van der Waals surface area (Å²) in [4.78, 5) is 0. The van der Waals surface area contributed by atoms with Gasteiger partial charge < -0.3 is 0 Å². The molecule has 0 radical (unpaired) electrons. The van der Waals surface area contributed by atoms with Crippen LogP contribution in [-0.4, -0.2) is 0 Å². The molecule has 0 unspecified atom stereocenters. The molecule has 1 aliphatic carbocycles. The molecule has 1 aliphatic rings. The fourth-order valence-corrected chi connectivity index (χ4v) is 1.70. The third-order valence-corrected chi connectivity index (χ3v) is 3.17. The summed E-state index contributed by atoms with van der Waals surface area (Å²) in [6.45, 7) is 14.6. The SMILES string of the molecule is C=C(/C=C\C(=C)C(C)C)CC1=CC=C(C)CC1. The first-order valence-corrected chi connectivity index (χ1v) is 6.39. The van der Waals surface area contributed by atoms with E-state index in [2.05, 4.69) is 58.2 Å². The summed E-state index contributed by atoms with van der Waals surface area (Å²) in [5.41, 5.74) is 5.30. The summed E-state index contributed by atoms with van der Waals surface area (Å²) in [5, 5.41) is 0. The van der Waals surface area contributed by atoms with Crippen molar-refractivity contribution >= 4 is 0 Å². The third-order valence-electron chi connectivity index (χ3n) is 3.17. The maximum absolute atomic E-state index is 4.11. The lowest BCUT2D eigenvalue weighted by Crippen LogP contribution is -1.93. The van der Waals surface area contributed by atoms with Crippen LogP contribution in [0.2, 0.25) is 0 Å². The zero-order chi connectivity index (χ0) is 12.8. The molecule has 1 rings (SSSR count). The molecule has 0 bridgehead atoms. The quantitative estimate of drug-likeness (QED) is 0.555. The highest BCUT2D eigenvalue weighted by Crippen LogP contribution is 2.23. The van der Waals surface area contributed by atoms with Crippen LogP contribution in [0.15, 0.2) is 59.8 Å². The Hall–Kier alpha value is -1.30. The molecule has 0 spiro atoms. The van der Waals surface area contributed by atoms with Crippen LogP contribution in [-0.2, 0) is 0 Å². The highest BCUT2D eigenvalue weighted by Gasteiger charge is 2.04. The summed E-state index contributed by atoms with van der Waals surface area (Å²) in [7, 11) is 0. The molecule has 0 aromatic rings. The van der Waals surface area contributed by atoms with Gasteiger partial charge in [0.2, 0.25) is 0 Å². The van der Waals surface area contributed by atoms with Crippen molar-refractivity contribution in [2.75, 3.05) is 0 Å². The van der Waals surface area contributed by atoms with Crippen LogP contribution in [0.3, 0.4) is 0 Å². The maximum atomic E-state index is 4.11. The zero-order valence-corrected chi connectivity index (χ0v) is 11.4. The third kappa shape index (κ3) is 5.04. The minimum Gasteiger partial charge on any atom is -0.0956 e. The van der Waals surface area contributed by atoms with E-state index in [-0.39, 0.29) is 0 Å². The fourth-order valence-electron chi connectivity index (χ4n) is 1.70. The second-order valence-electron chi connectivity index (χ2n) is 5.24. The van der Waals surface area contributed by atoms with E-state index in [1.54, 1.807) is 0 Å². The molecule has 0 nitrogen and oxygen atoms in total. The van der Waals surface area contributed by atoms with Crippen LogP contribution in [0.5, 0.6) is 0 Å². The van der Waals surface area contributed by atoms with Crippen molar-refractivity contribution in [3.8, 4) is 0 Å². The maximum Gasteiger partial charge on any atom is -0.00697 e. The van der Waals surface area contributed by atoms with Gasteiger partial charge in [-0.15, -0.1) is 0 Å². The van der Waals surface area contributed by atoms with Crippen LogP contribution in [0, 0.1) is 5.92 Å².